The monoisotopic (exact) mass is 172 g/mol. The van der Waals surface area contributed by atoms with Crippen molar-refractivity contribution in [1.82, 2.24) is 4.98 Å². The molecule has 0 aliphatic heterocycles. The summed E-state index contributed by atoms with van der Waals surface area (Å²) >= 11 is 1.48. The highest BCUT2D eigenvalue weighted by Crippen LogP contribution is 2.20. The van der Waals surface area contributed by atoms with Gasteiger partial charge >= 0.3 is 0 Å². The Morgan fingerprint density at radius 1 is 1.82 bits per heavy atom. The van der Waals surface area contributed by atoms with Gasteiger partial charge in [-0.15, -0.1) is 11.3 Å². The minimum absolute atomic E-state index is 0.0695. The number of aryl methyl sites for hydroxylation is 1. The van der Waals surface area contributed by atoms with Gasteiger partial charge in [0.25, 0.3) is 0 Å². The highest BCUT2D eigenvalue weighted by Gasteiger charge is 2.22. The van der Waals surface area contributed by atoms with Gasteiger partial charge in [0.15, 0.2) is 0 Å². The highest BCUT2D eigenvalue weighted by molar-refractivity contribution is 7.09. The summed E-state index contributed by atoms with van der Waals surface area (Å²) < 4.78 is 0. The standard InChI is InChI=1S/C7H12N2OS/c1-5-3-11-6(9-5)7(2,8)4-10/h3,10H,4,8H2,1-2H3. The molecule has 0 aromatic carbocycles. The lowest BCUT2D eigenvalue weighted by atomic mass is 10.1. The molecule has 0 amide bonds. The molecule has 11 heavy (non-hydrogen) atoms. The number of thiazole rings is 1. The third-order valence-electron chi connectivity index (χ3n) is 1.44. The summed E-state index contributed by atoms with van der Waals surface area (Å²) in [4.78, 5) is 4.19. The van der Waals surface area contributed by atoms with E-state index in [1.54, 1.807) is 6.92 Å². The molecule has 1 rings (SSSR count). The quantitative estimate of drug-likeness (QED) is 0.687. The van der Waals surface area contributed by atoms with Gasteiger partial charge in [-0.1, -0.05) is 0 Å². The molecule has 0 radical (unpaired) electrons. The van der Waals surface area contributed by atoms with E-state index < -0.39 is 5.54 Å². The van der Waals surface area contributed by atoms with Crippen molar-refractivity contribution in [3.05, 3.63) is 16.1 Å². The minimum atomic E-state index is -0.682. The Hall–Kier alpha value is -0.450. The van der Waals surface area contributed by atoms with Crippen molar-refractivity contribution >= 4 is 11.3 Å². The molecule has 0 bridgehead atoms. The minimum Gasteiger partial charge on any atom is -0.394 e. The summed E-state index contributed by atoms with van der Waals surface area (Å²) in [5.41, 5.74) is 6.02. The fraction of sp³-hybridized carbons (Fsp3) is 0.571. The maximum Gasteiger partial charge on any atom is 0.115 e. The number of hydrogen-bond donors (Lipinski definition) is 2. The maximum absolute atomic E-state index is 8.90. The third-order valence-corrected chi connectivity index (χ3v) is 2.68. The molecule has 1 aromatic heterocycles. The molecule has 3 N–H and O–H groups in total. The van der Waals surface area contributed by atoms with Crippen LogP contribution in [0.3, 0.4) is 0 Å². The fourth-order valence-corrected chi connectivity index (χ4v) is 1.55. The normalized spacial score (nSPS) is 16.4. The van der Waals surface area contributed by atoms with Gasteiger partial charge in [-0.25, -0.2) is 4.98 Å². The van der Waals surface area contributed by atoms with Crippen molar-refractivity contribution < 1.29 is 5.11 Å². The molecule has 62 valence electrons. The van der Waals surface area contributed by atoms with E-state index in [9.17, 15) is 0 Å². The topological polar surface area (TPSA) is 59.1 Å². The van der Waals surface area contributed by atoms with E-state index in [2.05, 4.69) is 4.98 Å². The Bertz CT molecular complexity index is 244. The molecule has 0 spiro atoms. The van der Waals surface area contributed by atoms with Gasteiger partial charge in [0.2, 0.25) is 0 Å². The summed E-state index contributed by atoms with van der Waals surface area (Å²) in [7, 11) is 0. The molecule has 1 atom stereocenters. The maximum atomic E-state index is 8.90. The van der Waals surface area contributed by atoms with Crippen LogP contribution in [0.1, 0.15) is 17.6 Å². The first-order valence-corrected chi connectivity index (χ1v) is 4.26. The van der Waals surface area contributed by atoms with Crippen LogP contribution >= 0.6 is 11.3 Å². The Morgan fingerprint density at radius 3 is 2.82 bits per heavy atom. The molecule has 3 nitrogen and oxygen atoms in total. The molecule has 0 saturated carbocycles. The molecule has 1 aromatic rings. The Balaban J connectivity index is 2.92. The lowest BCUT2D eigenvalue weighted by molar-refractivity contribution is 0.209. The number of aliphatic hydroxyl groups excluding tert-OH is 1. The van der Waals surface area contributed by atoms with Gasteiger partial charge in [-0.3, -0.25) is 0 Å². The van der Waals surface area contributed by atoms with Crippen molar-refractivity contribution in [2.45, 2.75) is 19.4 Å². The molecule has 0 fully saturated rings. The first-order chi connectivity index (χ1) is 5.06. The molecular weight excluding hydrogens is 160 g/mol. The third kappa shape index (κ3) is 1.77. The van der Waals surface area contributed by atoms with Crippen LogP contribution in [-0.4, -0.2) is 16.7 Å². The van der Waals surface area contributed by atoms with Crippen LogP contribution in [0.4, 0.5) is 0 Å². The average molecular weight is 172 g/mol. The lowest BCUT2D eigenvalue weighted by Crippen LogP contribution is -2.36. The van der Waals surface area contributed by atoms with Crippen LogP contribution in [-0.2, 0) is 5.54 Å². The van der Waals surface area contributed by atoms with Crippen LogP contribution in [0, 0.1) is 6.92 Å². The SMILES string of the molecule is Cc1csc(C(C)(N)CO)n1. The second kappa shape index (κ2) is 2.89. The van der Waals surface area contributed by atoms with Crippen molar-refractivity contribution in [2.24, 2.45) is 5.73 Å². The van der Waals surface area contributed by atoms with Crippen molar-refractivity contribution in [3.8, 4) is 0 Å². The number of aliphatic hydroxyl groups is 1. The van der Waals surface area contributed by atoms with Gasteiger partial charge in [0.05, 0.1) is 12.1 Å². The molecule has 0 aliphatic rings. The molecule has 1 heterocycles. The van der Waals surface area contributed by atoms with Gasteiger partial charge in [-0.05, 0) is 13.8 Å². The second-order valence-corrected chi connectivity index (χ2v) is 3.73. The smallest absolute Gasteiger partial charge is 0.115 e. The van der Waals surface area contributed by atoms with Crippen molar-refractivity contribution in [1.29, 1.82) is 0 Å². The van der Waals surface area contributed by atoms with E-state index in [1.165, 1.54) is 11.3 Å². The van der Waals surface area contributed by atoms with Crippen molar-refractivity contribution in [3.63, 3.8) is 0 Å². The van der Waals surface area contributed by atoms with Crippen LogP contribution in [0.2, 0.25) is 0 Å². The summed E-state index contributed by atoms with van der Waals surface area (Å²) in [5, 5.41) is 11.6. The fourth-order valence-electron chi connectivity index (χ4n) is 0.684. The van der Waals surface area contributed by atoms with Crippen LogP contribution < -0.4 is 5.73 Å². The van der Waals surface area contributed by atoms with E-state index in [4.69, 9.17) is 10.8 Å². The van der Waals surface area contributed by atoms with E-state index in [0.29, 0.717) is 0 Å². The van der Waals surface area contributed by atoms with Gasteiger partial charge in [0.1, 0.15) is 5.01 Å². The average Bonchev–Trinajstić information content (AvgIpc) is 2.36. The summed E-state index contributed by atoms with van der Waals surface area (Å²) in [5.74, 6) is 0. The largest absolute Gasteiger partial charge is 0.394 e. The van der Waals surface area contributed by atoms with Crippen LogP contribution in [0.5, 0.6) is 0 Å². The predicted molar refractivity (Wildman–Crippen MR) is 45.5 cm³/mol. The summed E-state index contributed by atoms with van der Waals surface area (Å²) in [6, 6.07) is 0. The van der Waals surface area contributed by atoms with Crippen molar-refractivity contribution in [2.75, 3.05) is 6.61 Å². The van der Waals surface area contributed by atoms with Gasteiger partial charge in [-0.2, -0.15) is 0 Å². The Kier molecular flexibility index (Phi) is 2.27. The van der Waals surface area contributed by atoms with E-state index in [-0.39, 0.29) is 6.61 Å². The second-order valence-electron chi connectivity index (χ2n) is 2.87. The first-order valence-electron chi connectivity index (χ1n) is 3.38. The number of rotatable bonds is 2. The van der Waals surface area contributed by atoms with Crippen LogP contribution in [0.25, 0.3) is 0 Å². The molecule has 0 aliphatic carbocycles. The zero-order valence-electron chi connectivity index (χ0n) is 6.66. The lowest BCUT2D eigenvalue weighted by Gasteiger charge is -2.17. The van der Waals surface area contributed by atoms with Crippen LogP contribution in [0.15, 0.2) is 5.38 Å². The molecule has 0 saturated heterocycles. The van der Waals surface area contributed by atoms with Gasteiger partial charge < -0.3 is 10.8 Å². The number of hydrogen-bond acceptors (Lipinski definition) is 4. The molecular formula is C7H12N2OS. The number of nitrogens with zero attached hydrogens (tertiary/aromatic N) is 1. The van der Waals surface area contributed by atoms with Gasteiger partial charge in [0, 0.05) is 11.1 Å². The Labute approximate surface area is 69.9 Å². The first kappa shape index (κ1) is 8.64. The summed E-state index contributed by atoms with van der Waals surface area (Å²) in [6.45, 7) is 3.61. The van der Waals surface area contributed by atoms with E-state index in [1.807, 2.05) is 12.3 Å². The number of nitrogens with two attached hydrogens (primary N) is 1. The molecule has 4 heteroatoms. The zero-order valence-corrected chi connectivity index (χ0v) is 7.48. The predicted octanol–water partition coefficient (Wildman–Crippen LogP) is 0.618. The highest BCUT2D eigenvalue weighted by atomic mass is 32.1. The Morgan fingerprint density at radius 2 is 2.45 bits per heavy atom. The number of aromatic nitrogens is 1. The summed E-state index contributed by atoms with van der Waals surface area (Å²) in [6.07, 6.45) is 0. The van der Waals surface area contributed by atoms with E-state index in [0.717, 1.165) is 10.7 Å². The molecule has 1 unspecified atom stereocenters. The van der Waals surface area contributed by atoms with E-state index >= 15 is 0 Å². The zero-order chi connectivity index (χ0) is 8.48.